The van der Waals surface area contributed by atoms with Gasteiger partial charge in [-0.05, 0) is 17.7 Å². The van der Waals surface area contributed by atoms with E-state index in [4.69, 9.17) is 37.4 Å². The van der Waals surface area contributed by atoms with Gasteiger partial charge in [0.15, 0.2) is 11.5 Å². The van der Waals surface area contributed by atoms with Crippen LogP contribution in [0.3, 0.4) is 0 Å². The van der Waals surface area contributed by atoms with Gasteiger partial charge in [0.25, 0.3) is 11.7 Å². The summed E-state index contributed by atoms with van der Waals surface area (Å²) in [5.41, 5.74) is 1.29. The van der Waals surface area contributed by atoms with Gasteiger partial charge in [0, 0.05) is 5.56 Å². The molecule has 3 aromatic rings. The lowest BCUT2D eigenvalue weighted by Crippen LogP contribution is -2.29. The van der Waals surface area contributed by atoms with Crippen LogP contribution >= 0.6 is 23.2 Å². The summed E-state index contributed by atoms with van der Waals surface area (Å²) in [5.74, 6) is -1.29. The van der Waals surface area contributed by atoms with Crippen molar-refractivity contribution in [3.63, 3.8) is 0 Å². The van der Waals surface area contributed by atoms with Crippen LogP contribution in [-0.4, -0.2) is 43.0 Å². The first kappa shape index (κ1) is 25.4. The summed E-state index contributed by atoms with van der Waals surface area (Å²) >= 11 is 12.7. The number of ether oxygens (including phenoxy) is 3. The number of para-hydroxylation sites is 1. The van der Waals surface area contributed by atoms with Crippen LogP contribution in [0.25, 0.3) is 5.76 Å². The van der Waals surface area contributed by atoms with Gasteiger partial charge in [-0.1, -0.05) is 71.7 Å². The van der Waals surface area contributed by atoms with Gasteiger partial charge in [-0.3, -0.25) is 9.59 Å². The predicted octanol–water partition coefficient (Wildman–Crippen LogP) is 5.64. The van der Waals surface area contributed by atoms with Crippen LogP contribution in [0.4, 0.5) is 0 Å². The van der Waals surface area contributed by atoms with Crippen molar-refractivity contribution in [1.29, 1.82) is 0 Å². The Morgan fingerprint density at radius 2 is 1.56 bits per heavy atom. The molecule has 1 unspecified atom stereocenters. The van der Waals surface area contributed by atoms with E-state index in [-0.39, 0.29) is 39.2 Å². The van der Waals surface area contributed by atoms with Gasteiger partial charge in [0.05, 0.1) is 50.1 Å². The molecule has 1 fully saturated rings. The van der Waals surface area contributed by atoms with Crippen molar-refractivity contribution in [3.8, 4) is 17.2 Å². The van der Waals surface area contributed by atoms with Crippen LogP contribution in [0.1, 0.15) is 22.7 Å². The summed E-state index contributed by atoms with van der Waals surface area (Å²) in [6.45, 7) is 0.0756. The van der Waals surface area contributed by atoms with E-state index in [2.05, 4.69) is 0 Å². The molecule has 1 saturated heterocycles. The van der Waals surface area contributed by atoms with E-state index in [1.165, 1.54) is 32.3 Å². The van der Waals surface area contributed by atoms with E-state index < -0.39 is 23.5 Å². The number of amides is 1. The number of benzene rings is 3. The number of halogens is 2. The third-order valence-electron chi connectivity index (χ3n) is 5.98. The Bertz CT molecular complexity index is 1360. The molecule has 1 heterocycles. The molecule has 0 saturated carbocycles. The number of rotatable bonds is 7. The molecule has 0 radical (unpaired) electrons. The van der Waals surface area contributed by atoms with Crippen molar-refractivity contribution in [2.24, 2.45) is 0 Å². The van der Waals surface area contributed by atoms with Crippen molar-refractivity contribution >= 4 is 40.7 Å². The molecule has 1 aliphatic rings. The fourth-order valence-electron chi connectivity index (χ4n) is 4.33. The average Bonchev–Trinajstić information content (AvgIpc) is 3.14. The van der Waals surface area contributed by atoms with Crippen molar-refractivity contribution in [2.45, 2.75) is 12.6 Å². The molecule has 3 aromatic carbocycles. The number of carbonyl (C=O) groups is 2. The first-order valence-corrected chi connectivity index (χ1v) is 11.6. The van der Waals surface area contributed by atoms with Gasteiger partial charge in [-0.2, -0.15) is 0 Å². The minimum absolute atomic E-state index is 0.0218. The molecular weight excluding hydrogens is 505 g/mol. The minimum Gasteiger partial charge on any atom is -0.507 e. The van der Waals surface area contributed by atoms with E-state index in [9.17, 15) is 14.7 Å². The molecule has 0 aliphatic carbocycles. The average molecular weight is 528 g/mol. The van der Waals surface area contributed by atoms with Crippen molar-refractivity contribution < 1.29 is 28.9 Å². The van der Waals surface area contributed by atoms with Crippen LogP contribution < -0.4 is 14.2 Å². The van der Waals surface area contributed by atoms with Crippen LogP contribution in [0.2, 0.25) is 10.0 Å². The maximum absolute atomic E-state index is 13.4. The molecular formula is C27H23Cl2NO6. The lowest BCUT2D eigenvalue weighted by molar-refractivity contribution is -0.140. The third kappa shape index (κ3) is 4.36. The smallest absolute Gasteiger partial charge is 0.295 e. The number of methoxy groups -OCH3 is 3. The zero-order valence-corrected chi connectivity index (χ0v) is 21.3. The molecule has 1 aliphatic heterocycles. The molecule has 1 amide bonds. The monoisotopic (exact) mass is 527 g/mol. The Morgan fingerprint density at radius 1 is 0.917 bits per heavy atom. The predicted molar refractivity (Wildman–Crippen MR) is 137 cm³/mol. The molecule has 0 bridgehead atoms. The summed E-state index contributed by atoms with van der Waals surface area (Å²) in [5, 5.41) is 11.6. The molecule has 0 spiro atoms. The summed E-state index contributed by atoms with van der Waals surface area (Å²) < 4.78 is 16.1. The molecule has 36 heavy (non-hydrogen) atoms. The van der Waals surface area contributed by atoms with E-state index in [0.29, 0.717) is 16.9 Å². The maximum atomic E-state index is 13.4. The first-order chi connectivity index (χ1) is 17.3. The number of ketones is 1. The highest BCUT2D eigenvalue weighted by Gasteiger charge is 2.46. The number of aliphatic hydroxyl groups is 1. The zero-order chi connectivity index (χ0) is 26.0. The lowest BCUT2D eigenvalue weighted by Gasteiger charge is -2.26. The standard InChI is InChI=1S/C27H23Cl2NO6/c1-34-19-12-8-7-11-16(19)14-30-22(15-9-5-4-6-10-15)20(24(32)27(30)33)23(31)17-13-18(28)26(36-3)21(29)25(17)35-2/h4-13,22,31H,14H2,1-3H3/b23-20+. The summed E-state index contributed by atoms with van der Waals surface area (Å²) in [4.78, 5) is 28.1. The maximum Gasteiger partial charge on any atom is 0.295 e. The van der Waals surface area contributed by atoms with Crippen molar-refractivity contribution in [3.05, 3.63) is 93.0 Å². The molecule has 9 heteroatoms. The molecule has 7 nitrogen and oxygen atoms in total. The summed E-state index contributed by atoms with van der Waals surface area (Å²) in [7, 11) is 4.29. The minimum atomic E-state index is -0.888. The van der Waals surface area contributed by atoms with Crippen molar-refractivity contribution in [1.82, 2.24) is 4.90 Å². The Labute approximate surface area is 218 Å². The van der Waals surface area contributed by atoms with Gasteiger partial charge in [0.2, 0.25) is 0 Å². The fraction of sp³-hybridized carbons (Fsp3) is 0.185. The Hall–Kier alpha value is -3.68. The molecule has 1 atom stereocenters. The van der Waals surface area contributed by atoms with Crippen molar-refractivity contribution in [2.75, 3.05) is 21.3 Å². The second-order valence-corrected chi connectivity index (χ2v) is 8.72. The normalized spacial score (nSPS) is 16.8. The SMILES string of the molecule is COc1ccccc1CN1C(=O)C(=O)/C(=C(/O)c2cc(Cl)c(OC)c(Cl)c2OC)C1c1ccccc1. The number of carbonyl (C=O) groups excluding carboxylic acids is 2. The number of Topliss-reactive ketones (excluding diaryl/α,β-unsaturated/α-hetero) is 1. The second-order valence-electron chi connectivity index (χ2n) is 7.94. The second kappa shape index (κ2) is 10.5. The quantitative estimate of drug-likeness (QED) is 0.243. The van der Waals surface area contributed by atoms with Crippen LogP contribution in [0, 0.1) is 0 Å². The highest BCUT2D eigenvalue weighted by molar-refractivity contribution is 6.47. The van der Waals surface area contributed by atoms with Gasteiger partial charge < -0.3 is 24.2 Å². The Morgan fingerprint density at radius 3 is 2.19 bits per heavy atom. The Balaban J connectivity index is 1.94. The topological polar surface area (TPSA) is 85.3 Å². The zero-order valence-electron chi connectivity index (χ0n) is 19.7. The number of aliphatic hydroxyl groups excluding tert-OH is 1. The molecule has 4 rings (SSSR count). The fourth-order valence-corrected chi connectivity index (χ4v) is 5.02. The summed E-state index contributed by atoms with van der Waals surface area (Å²) in [6.07, 6.45) is 0. The van der Waals surface area contributed by atoms with Crippen LogP contribution in [0.15, 0.2) is 66.2 Å². The number of hydrogen-bond acceptors (Lipinski definition) is 6. The molecule has 186 valence electrons. The number of hydrogen-bond donors (Lipinski definition) is 1. The Kier molecular flexibility index (Phi) is 7.43. The van der Waals surface area contributed by atoms with E-state index >= 15 is 0 Å². The van der Waals surface area contributed by atoms with Gasteiger partial charge >= 0.3 is 0 Å². The van der Waals surface area contributed by atoms with Gasteiger partial charge in [-0.25, -0.2) is 0 Å². The highest BCUT2D eigenvalue weighted by Crippen LogP contribution is 2.47. The molecule has 0 aromatic heterocycles. The highest BCUT2D eigenvalue weighted by atomic mass is 35.5. The van der Waals surface area contributed by atoms with Gasteiger partial charge in [0.1, 0.15) is 16.5 Å². The van der Waals surface area contributed by atoms with Crippen LogP contribution in [0.5, 0.6) is 17.2 Å². The largest absolute Gasteiger partial charge is 0.507 e. The van der Waals surface area contributed by atoms with E-state index in [1.54, 1.807) is 30.3 Å². The van der Waals surface area contributed by atoms with E-state index in [1.807, 2.05) is 24.3 Å². The summed E-state index contributed by atoms with van der Waals surface area (Å²) in [6, 6.07) is 16.7. The third-order valence-corrected chi connectivity index (χ3v) is 6.61. The number of likely N-dealkylation sites (tertiary alicyclic amines) is 1. The number of nitrogens with zero attached hydrogens (tertiary/aromatic N) is 1. The van der Waals surface area contributed by atoms with E-state index in [0.717, 1.165) is 0 Å². The van der Waals surface area contributed by atoms with Gasteiger partial charge in [-0.15, -0.1) is 0 Å². The molecule has 1 N–H and O–H groups in total. The lowest BCUT2D eigenvalue weighted by atomic mass is 9.94. The van der Waals surface area contributed by atoms with Crippen LogP contribution in [-0.2, 0) is 16.1 Å². The first-order valence-electron chi connectivity index (χ1n) is 10.9.